The molecule has 1 heterocycles. The third kappa shape index (κ3) is 3.80. The van der Waals surface area contributed by atoms with Gasteiger partial charge in [0.2, 0.25) is 0 Å². The first kappa shape index (κ1) is 13.6. The normalized spacial score (nSPS) is 12.6. The maximum absolute atomic E-state index is 9.53. The number of hydrogen-bond donors (Lipinski definition) is 1. The Morgan fingerprint density at radius 1 is 1.21 bits per heavy atom. The molecule has 0 aliphatic carbocycles. The van der Waals surface area contributed by atoms with Crippen molar-refractivity contribution in [3.63, 3.8) is 0 Å². The number of nitrogens with zero attached hydrogens (tertiary/aromatic N) is 2. The molecule has 0 radical (unpaired) electrons. The quantitative estimate of drug-likeness (QED) is 0.893. The second kappa shape index (κ2) is 6.34. The SMILES string of the molecule is C[C@@H](c1cccc(O)c1)N(C)CCc1ccncc1. The molecule has 0 saturated carbocycles. The largest absolute Gasteiger partial charge is 0.508 e. The van der Waals surface area contributed by atoms with Gasteiger partial charge in [-0.25, -0.2) is 0 Å². The molecule has 19 heavy (non-hydrogen) atoms. The Morgan fingerprint density at radius 3 is 2.63 bits per heavy atom. The van der Waals surface area contributed by atoms with Crippen molar-refractivity contribution in [1.82, 2.24) is 9.88 Å². The first-order chi connectivity index (χ1) is 9.16. The van der Waals surface area contributed by atoms with Gasteiger partial charge in [-0.15, -0.1) is 0 Å². The molecule has 0 amide bonds. The number of benzene rings is 1. The van der Waals surface area contributed by atoms with Crippen molar-refractivity contribution >= 4 is 0 Å². The number of aromatic hydroxyl groups is 1. The van der Waals surface area contributed by atoms with Gasteiger partial charge in [-0.2, -0.15) is 0 Å². The van der Waals surface area contributed by atoms with Crippen molar-refractivity contribution in [1.29, 1.82) is 0 Å². The van der Waals surface area contributed by atoms with Crippen LogP contribution >= 0.6 is 0 Å². The molecule has 3 nitrogen and oxygen atoms in total. The molecule has 0 aliphatic heterocycles. The Labute approximate surface area is 114 Å². The number of phenols is 1. The van der Waals surface area contributed by atoms with Crippen LogP contribution in [0.5, 0.6) is 5.75 Å². The van der Waals surface area contributed by atoms with Gasteiger partial charge < -0.3 is 5.11 Å². The summed E-state index contributed by atoms with van der Waals surface area (Å²) in [6.07, 6.45) is 4.66. The zero-order valence-electron chi connectivity index (χ0n) is 11.5. The summed E-state index contributed by atoms with van der Waals surface area (Å²) in [7, 11) is 2.11. The molecular formula is C16H20N2O. The van der Waals surface area contributed by atoms with Crippen LogP contribution in [0.2, 0.25) is 0 Å². The van der Waals surface area contributed by atoms with Crippen molar-refractivity contribution in [3.05, 3.63) is 59.9 Å². The minimum Gasteiger partial charge on any atom is -0.508 e. The lowest BCUT2D eigenvalue weighted by Crippen LogP contribution is -2.24. The van der Waals surface area contributed by atoms with Gasteiger partial charge >= 0.3 is 0 Å². The highest BCUT2D eigenvalue weighted by Gasteiger charge is 2.11. The maximum Gasteiger partial charge on any atom is 0.115 e. The summed E-state index contributed by atoms with van der Waals surface area (Å²) in [6.45, 7) is 3.13. The van der Waals surface area contributed by atoms with E-state index in [1.165, 1.54) is 5.56 Å². The fourth-order valence-electron chi connectivity index (χ4n) is 2.09. The Balaban J connectivity index is 1.94. The molecule has 100 valence electrons. The van der Waals surface area contributed by atoms with E-state index in [1.54, 1.807) is 6.07 Å². The highest BCUT2D eigenvalue weighted by atomic mass is 16.3. The van der Waals surface area contributed by atoms with E-state index in [9.17, 15) is 5.11 Å². The minimum absolute atomic E-state index is 0.286. The van der Waals surface area contributed by atoms with Gasteiger partial charge in [-0.3, -0.25) is 9.88 Å². The summed E-state index contributed by atoms with van der Waals surface area (Å²) in [5, 5.41) is 9.53. The Morgan fingerprint density at radius 2 is 1.95 bits per heavy atom. The lowest BCUT2D eigenvalue weighted by Gasteiger charge is -2.25. The van der Waals surface area contributed by atoms with E-state index in [0.717, 1.165) is 18.5 Å². The first-order valence-corrected chi connectivity index (χ1v) is 6.55. The second-order valence-electron chi connectivity index (χ2n) is 4.86. The lowest BCUT2D eigenvalue weighted by molar-refractivity contribution is 0.264. The number of rotatable bonds is 5. The van der Waals surface area contributed by atoms with Crippen molar-refractivity contribution < 1.29 is 5.11 Å². The number of phenolic OH excluding ortho intramolecular Hbond substituents is 1. The van der Waals surface area contributed by atoms with E-state index < -0.39 is 0 Å². The third-order valence-electron chi connectivity index (χ3n) is 3.52. The van der Waals surface area contributed by atoms with Gasteiger partial charge in [0.25, 0.3) is 0 Å². The molecule has 2 rings (SSSR count). The zero-order valence-corrected chi connectivity index (χ0v) is 11.5. The van der Waals surface area contributed by atoms with E-state index in [4.69, 9.17) is 0 Å². The highest BCUT2D eigenvalue weighted by Crippen LogP contribution is 2.22. The smallest absolute Gasteiger partial charge is 0.115 e. The molecular weight excluding hydrogens is 236 g/mol. The van der Waals surface area contributed by atoms with Gasteiger partial charge in [-0.05, 0) is 55.8 Å². The molecule has 0 spiro atoms. The molecule has 1 aromatic carbocycles. The van der Waals surface area contributed by atoms with Crippen LogP contribution < -0.4 is 0 Å². The van der Waals surface area contributed by atoms with Crippen LogP contribution in [0.4, 0.5) is 0 Å². The fraction of sp³-hybridized carbons (Fsp3) is 0.312. The van der Waals surface area contributed by atoms with Crippen LogP contribution in [0.15, 0.2) is 48.8 Å². The van der Waals surface area contributed by atoms with Gasteiger partial charge in [0.15, 0.2) is 0 Å². The first-order valence-electron chi connectivity index (χ1n) is 6.55. The molecule has 0 fully saturated rings. The number of likely N-dealkylation sites (N-methyl/N-ethyl adjacent to an activating group) is 1. The third-order valence-corrected chi connectivity index (χ3v) is 3.52. The summed E-state index contributed by atoms with van der Waals surface area (Å²) < 4.78 is 0. The topological polar surface area (TPSA) is 36.4 Å². The van der Waals surface area contributed by atoms with Crippen molar-refractivity contribution in [3.8, 4) is 5.75 Å². The molecule has 3 heteroatoms. The number of hydrogen-bond acceptors (Lipinski definition) is 3. The average molecular weight is 256 g/mol. The monoisotopic (exact) mass is 256 g/mol. The number of pyridine rings is 1. The maximum atomic E-state index is 9.53. The van der Waals surface area contributed by atoms with Crippen LogP contribution in [0.3, 0.4) is 0 Å². The van der Waals surface area contributed by atoms with E-state index >= 15 is 0 Å². The van der Waals surface area contributed by atoms with Crippen LogP contribution in [0, 0.1) is 0 Å². The van der Waals surface area contributed by atoms with Crippen LogP contribution in [0.1, 0.15) is 24.1 Å². The van der Waals surface area contributed by atoms with E-state index in [1.807, 2.05) is 42.7 Å². The summed E-state index contributed by atoms with van der Waals surface area (Å²) in [5.74, 6) is 0.326. The molecule has 0 aliphatic rings. The predicted molar refractivity (Wildman–Crippen MR) is 77.1 cm³/mol. The Kier molecular flexibility index (Phi) is 4.53. The summed E-state index contributed by atoms with van der Waals surface area (Å²) >= 11 is 0. The summed E-state index contributed by atoms with van der Waals surface area (Å²) in [6, 6.07) is 11.8. The van der Waals surface area contributed by atoms with E-state index in [-0.39, 0.29) is 6.04 Å². The molecule has 0 unspecified atom stereocenters. The molecule has 1 aromatic heterocycles. The van der Waals surface area contributed by atoms with Crippen LogP contribution in [0.25, 0.3) is 0 Å². The van der Waals surface area contributed by atoms with Crippen molar-refractivity contribution in [2.75, 3.05) is 13.6 Å². The molecule has 0 bridgehead atoms. The standard InChI is InChI=1S/C16H20N2O/c1-13(15-4-3-5-16(19)12-15)18(2)11-8-14-6-9-17-10-7-14/h3-7,9-10,12-13,19H,8,11H2,1-2H3/t13-/m0/s1. The second-order valence-corrected chi connectivity index (χ2v) is 4.86. The predicted octanol–water partition coefficient (Wildman–Crippen LogP) is 3.02. The average Bonchev–Trinajstić information content (AvgIpc) is 2.45. The van der Waals surface area contributed by atoms with Crippen LogP contribution in [-0.4, -0.2) is 28.6 Å². The lowest BCUT2D eigenvalue weighted by atomic mass is 10.1. The van der Waals surface area contributed by atoms with Gasteiger partial charge in [0.1, 0.15) is 5.75 Å². The highest BCUT2D eigenvalue weighted by molar-refractivity contribution is 5.29. The fourth-order valence-corrected chi connectivity index (χ4v) is 2.09. The zero-order chi connectivity index (χ0) is 13.7. The Hall–Kier alpha value is -1.87. The van der Waals surface area contributed by atoms with Gasteiger partial charge in [-0.1, -0.05) is 12.1 Å². The van der Waals surface area contributed by atoms with Crippen molar-refractivity contribution in [2.24, 2.45) is 0 Å². The van der Waals surface area contributed by atoms with Crippen molar-refractivity contribution in [2.45, 2.75) is 19.4 Å². The molecule has 0 saturated heterocycles. The van der Waals surface area contributed by atoms with E-state index in [0.29, 0.717) is 5.75 Å². The Bertz CT molecular complexity index is 513. The van der Waals surface area contributed by atoms with E-state index in [2.05, 4.69) is 23.9 Å². The number of aromatic nitrogens is 1. The molecule has 1 N–H and O–H groups in total. The molecule has 2 aromatic rings. The minimum atomic E-state index is 0.286. The van der Waals surface area contributed by atoms with Crippen LogP contribution in [-0.2, 0) is 6.42 Å². The van der Waals surface area contributed by atoms with Gasteiger partial charge in [0.05, 0.1) is 0 Å². The molecule has 1 atom stereocenters. The summed E-state index contributed by atoms with van der Waals surface area (Å²) in [5.41, 5.74) is 2.43. The summed E-state index contributed by atoms with van der Waals surface area (Å²) in [4.78, 5) is 6.31. The van der Waals surface area contributed by atoms with Gasteiger partial charge in [0, 0.05) is 25.0 Å².